The van der Waals surface area contributed by atoms with E-state index in [4.69, 9.17) is 18.9 Å². The first-order valence-corrected chi connectivity index (χ1v) is 18.0. The maximum atomic E-state index is 12.6. The molecule has 9 nitrogen and oxygen atoms in total. The molecule has 0 radical (unpaired) electrons. The Kier molecular flexibility index (Phi) is 24.9. The Morgan fingerprint density at radius 2 is 1.02 bits per heavy atom. The van der Waals surface area contributed by atoms with Gasteiger partial charge in [0.2, 0.25) is 0 Å². The zero-order valence-corrected chi connectivity index (χ0v) is 28.2. The number of aliphatic hydroxyl groups is 3. The van der Waals surface area contributed by atoms with Crippen molar-refractivity contribution in [3.05, 3.63) is 0 Å². The van der Waals surface area contributed by atoms with Crippen molar-refractivity contribution in [1.29, 1.82) is 0 Å². The number of carbonyl (C=O) groups is 2. The molecular weight excluding hydrogens is 564 g/mol. The average molecular weight is 631 g/mol. The molecule has 1 aliphatic heterocycles. The number of rotatable bonds is 28. The van der Waals surface area contributed by atoms with Gasteiger partial charge in [-0.3, -0.25) is 9.59 Å². The van der Waals surface area contributed by atoms with Crippen molar-refractivity contribution >= 4 is 11.9 Å². The van der Waals surface area contributed by atoms with Crippen LogP contribution in [0.2, 0.25) is 0 Å². The lowest BCUT2D eigenvalue weighted by Crippen LogP contribution is -2.57. The van der Waals surface area contributed by atoms with Crippen LogP contribution in [0.15, 0.2) is 0 Å². The van der Waals surface area contributed by atoms with Gasteiger partial charge in [0.05, 0.1) is 12.7 Å². The molecule has 0 saturated carbocycles. The molecule has 1 fully saturated rings. The molecule has 0 aromatic heterocycles. The number of ether oxygens (including phenoxy) is 4. The van der Waals surface area contributed by atoms with E-state index >= 15 is 0 Å². The van der Waals surface area contributed by atoms with E-state index in [1.54, 1.807) is 6.92 Å². The Bertz CT molecular complexity index is 704. The highest BCUT2D eigenvalue weighted by Crippen LogP contribution is 2.22. The normalized spacial score (nSPS) is 22.5. The van der Waals surface area contributed by atoms with Crippen LogP contribution in [0.1, 0.15) is 162 Å². The molecule has 0 bridgehead atoms. The second kappa shape index (κ2) is 26.9. The van der Waals surface area contributed by atoms with Gasteiger partial charge in [0, 0.05) is 12.8 Å². The van der Waals surface area contributed by atoms with Crippen molar-refractivity contribution in [3.8, 4) is 0 Å². The van der Waals surface area contributed by atoms with Gasteiger partial charge >= 0.3 is 11.9 Å². The van der Waals surface area contributed by atoms with Crippen molar-refractivity contribution in [3.63, 3.8) is 0 Å². The largest absolute Gasteiger partial charge is 0.462 e. The quantitative estimate of drug-likeness (QED) is 0.0623. The minimum atomic E-state index is -1.47. The van der Waals surface area contributed by atoms with E-state index in [0.29, 0.717) is 6.42 Å². The zero-order chi connectivity index (χ0) is 32.4. The van der Waals surface area contributed by atoms with Crippen LogP contribution in [0.5, 0.6) is 0 Å². The van der Waals surface area contributed by atoms with Crippen LogP contribution in [0.3, 0.4) is 0 Å². The summed E-state index contributed by atoms with van der Waals surface area (Å²) in [5.74, 6) is -0.740. The molecule has 3 N–H and O–H groups in total. The summed E-state index contributed by atoms with van der Waals surface area (Å²) in [6, 6.07) is 0. The standard InChI is InChI=1S/C35H66O9/c1-4-6-8-10-12-13-14-15-16-17-19-21-23-25-31(37)44-29(26-41-30(36)24-22-20-18-11-9-7-5-2)27-42-35-34(40)33(39)32(38)28(3)43-35/h28-29,32-35,38-40H,4-27H2,1-3H3/t28-,29-,32+,33+,34-,35-/m1/s1. The summed E-state index contributed by atoms with van der Waals surface area (Å²) in [5.41, 5.74) is 0. The van der Waals surface area contributed by atoms with Gasteiger partial charge in [0.1, 0.15) is 24.9 Å². The molecule has 260 valence electrons. The Labute approximate surface area is 267 Å². The maximum absolute atomic E-state index is 12.6. The Hall–Kier alpha value is -1.26. The predicted octanol–water partition coefficient (Wildman–Crippen LogP) is 6.91. The van der Waals surface area contributed by atoms with Crippen LogP contribution >= 0.6 is 0 Å². The molecule has 0 spiro atoms. The SMILES string of the molecule is CCCCCCCCCCCCCCCC(=O)O[C@H](COC(=O)CCCCCCCCC)CO[C@@H]1O[C@H](C)[C@H](O)[C@H](O)[C@H]1O. The summed E-state index contributed by atoms with van der Waals surface area (Å²) >= 11 is 0. The van der Waals surface area contributed by atoms with Crippen LogP contribution in [0.4, 0.5) is 0 Å². The van der Waals surface area contributed by atoms with Crippen molar-refractivity contribution in [1.82, 2.24) is 0 Å². The van der Waals surface area contributed by atoms with Crippen LogP contribution in [-0.4, -0.2) is 77.3 Å². The van der Waals surface area contributed by atoms with Crippen molar-refractivity contribution in [2.75, 3.05) is 13.2 Å². The molecule has 1 saturated heterocycles. The van der Waals surface area contributed by atoms with Gasteiger partial charge in [-0.1, -0.05) is 129 Å². The lowest BCUT2D eigenvalue weighted by molar-refractivity contribution is -0.297. The molecule has 0 unspecified atom stereocenters. The molecule has 1 heterocycles. The van der Waals surface area contributed by atoms with E-state index in [1.165, 1.54) is 89.9 Å². The Morgan fingerprint density at radius 1 is 0.591 bits per heavy atom. The van der Waals surface area contributed by atoms with E-state index < -0.39 is 42.8 Å². The van der Waals surface area contributed by atoms with Gasteiger partial charge in [-0.25, -0.2) is 0 Å². The smallest absolute Gasteiger partial charge is 0.306 e. The third-order valence-corrected chi connectivity index (χ3v) is 8.45. The number of aliphatic hydroxyl groups excluding tert-OH is 3. The molecule has 44 heavy (non-hydrogen) atoms. The lowest BCUT2D eigenvalue weighted by atomic mass is 10.0. The summed E-state index contributed by atoms with van der Waals surface area (Å²) in [6.07, 6.45) is 17.1. The van der Waals surface area contributed by atoms with Crippen molar-refractivity contribution in [2.45, 2.75) is 199 Å². The number of hydrogen-bond acceptors (Lipinski definition) is 9. The second-order valence-electron chi connectivity index (χ2n) is 12.7. The number of unbranched alkanes of at least 4 members (excludes halogenated alkanes) is 18. The first kappa shape index (κ1) is 40.8. The molecule has 1 aliphatic rings. The van der Waals surface area contributed by atoms with Gasteiger partial charge in [-0.05, 0) is 19.8 Å². The molecule has 0 aromatic rings. The van der Waals surface area contributed by atoms with Crippen LogP contribution in [0.25, 0.3) is 0 Å². The van der Waals surface area contributed by atoms with E-state index in [9.17, 15) is 24.9 Å². The van der Waals surface area contributed by atoms with E-state index in [-0.39, 0.29) is 25.6 Å². The second-order valence-corrected chi connectivity index (χ2v) is 12.7. The number of hydrogen-bond donors (Lipinski definition) is 3. The fraction of sp³-hybridized carbons (Fsp3) is 0.943. The van der Waals surface area contributed by atoms with Crippen LogP contribution in [-0.2, 0) is 28.5 Å². The Morgan fingerprint density at radius 3 is 1.50 bits per heavy atom. The predicted molar refractivity (Wildman–Crippen MR) is 172 cm³/mol. The topological polar surface area (TPSA) is 132 Å². The summed E-state index contributed by atoms with van der Waals surface area (Å²) in [4.78, 5) is 24.9. The van der Waals surface area contributed by atoms with Gasteiger partial charge in [-0.2, -0.15) is 0 Å². The minimum Gasteiger partial charge on any atom is -0.462 e. The van der Waals surface area contributed by atoms with E-state index in [2.05, 4.69) is 13.8 Å². The highest BCUT2D eigenvalue weighted by molar-refractivity contribution is 5.70. The van der Waals surface area contributed by atoms with Crippen molar-refractivity contribution < 1.29 is 43.9 Å². The summed E-state index contributed by atoms with van der Waals surface area (Å²) < 4.78 is 22.1. The fourth-order valence-electron chi connectivity index (χ4n) is 5.49. The minimum absolute atomic E-state index is 0.163. The molecule has 9 heteroatoms. The monoisotopic (exact) mass is 630 g/mol. The van der Waals surface area contributed by atoms with Crippen molar-refractivity contribution in [2.24, 2.45) is 0 Å². The molecule has 0 aliphatic carbocycles. The first-order chi connectivity index (χ1) is 21.3. The summed E-state index contributed by atoms with van der Waals surface area (Å²) in [5, 5.41) is 30.3. The van der Waals surface area contributed by atoms with Crippen LogP contribution < -0.4 is 0 Å². The van der Waals surface area contributed by atoms with E-state index in [1.807, 2.05) is 0 Å². The summed E-state index contributed by atoms with van der Waals surface area (Å²) in [6.45, 7) is 5.64. The Balaban J connectivity index is 2.36. The molecule has 0 amide bonds. The van der Waals surface area contributed by atoms with Gasteiger partial charge in [-0.15, -0.1) is 0 Å². The van der Waals surface area contributed by atoms with Gasteiger partial charge in [0.15, 0.2) is 12.4 Å². The highest BCUT2D eigenvalue weighted by Gasteiger charge is 2.42. The average Bonchev–Trinajstić information content (AvgIpc) is 3.01. The van der Waals surface area contributed by atoms with Gasteiger partial charge in [0.25, 0.3) is 0 Å². The third kappa shape index (κ3) is 20.0. The first-order valence-electron chi connectivity index (χ1n) is 18.0. The fourth-order valence-corrected chi connectivity index (χ4v) is 5.49. The van der Waals surface area contributed by atoms with Crippen LogP contribution in [0, 0.1) is 0 Å². The lowest BCUT2D eigenvalue weighted by Gasteiger charge is -2.39. The van der Waals surface area contributed by atoms with Gasteiger partial charge < -0.3 is 34.3 Å². The molecule has 6 atom stereocenters. The maximum Gasteiger partial charge on any atom is 0.306 e. The molecule has 1 rings (SSSR count). The highest BCUT2D eigenvalue weighted by atomic mass is 16.7. The zero-order valence-electron chi connectivity index (χ0n) is 28.2. The third-order valence-electron chi connectivity index (χ3n) is 8.45. The number of carbonyl (C=O) groups excluding carboxylic acids is 2. The molecule has 0 aromatic carbocycles. The number of esters is 2. The molecular formula is C35H66O9. The summed E-state index contributed by atoms with van der Waals surface area (Å²) in [7, 11) is 0. The van der Waals surface area contributed by atoms with E-state index in [0.717, 1.165) is 38.5 Å².